The Labute approximate surface area is 169 Å². The van der Waals surface area contributed by atoms with Crippen LogP contribution in [-0.4, -0.2) is 85.6 Å². The fraction of sp³-hybridized carbons (Fsp3) is 0.905. The van der Waals surface area contributed by atoms with Crippen molar-refractivity contribution in [3.8, 4) is 0 Å². The van der Waals surface area contributed by atoms with Crippen LogP contribution >= 0.6 is 0 Å². The predicted octanol–water partition coefficient (Wildman–Crippen LogP) is 0.310. The summed E-state index contributed by atoms with van der Waals surface area (Å²) in [5, 5.41) is 9.63. The Hall–Kier alpha value is -1.18. The molecule has 1 saturated carbocycles. The van der Waals surface area contributed by atoms with E-state index in [4.69, 9.17) is 0 Å². The Morgan fingerprint density at radius 3 is 2.50 bits per heavy atom. The smallest absolute Gasteiger partial charge is 0.237 e. The lowest BCUT2D eigenvalue weighted by Crippen LogP contribution is -2.50. The summed E-state index contributed by atoms with van der Waals surface area (Å²) < 4.78 is 0. The summed E-state index contributed by atoms with van der Waals surface area (Å²) in [7, 11) is 0. The van der Waals surface area contributed by atoms with Crippen LogP contribution in [0, 0.1) is 5.92 Å². The van der Waals surface area contributed by atoms with Crippen molar-refractivity contribution in [1.29, 1.82) is 0 Å². The van der Waals surface area contributed by atoms with Gasteiger partial charge >= 0.3 is 0 Å². The third kappa shape index (κ3) is 5.67. The number of hydrogen-bond acceptors (Lipinski definition) is 5. The lowest BCUT2D eigenvalue weighted by molar-refractivity contribution is -0.125. The molecule has 2 amide bonds. The molecule has 2 unspecified atom stereocenters. The molecule has 0 aromatic carbocycles. The van der Waals surface area contributed by atoms with Gasteiger partial charge < -0.3 is 20.9 Å². The standard InChI is InChI=1S/C21H37N5O2/c27-20(24-17-7-11-26(12-8-17)18-5-6-18)15-25-10-2-3-16(14-25)13-23-21(28)19-4-1-9-22-19/h16-19,22H,1-15H2,(H,23,28)(H,24,27). The van der Waals surface area contributed by atoms with Crippen LogP contribution in [0.1, 0.15) is 51.4 Å². The predicted molar refractivity (Wildman–Crippen MR) is 109 cm³/mol. The van der Waals surface area contributed by atoms with Gasteiger partial charge in [-0.05, 0) is 70.4 Å². The molecule has 0 spiro atoms. The van der Waals surface area contributed by atoms with Gasteiger partial charge in [0.15, 0.2) is 0 Å². The molecule has 3 heterocycles. The van der Waals surface area contributed by atoms with Crippen LogP contribution in [0.3, 0.4) is 0 Å². The Morgan fingerprint density at radius 1 is 0.964 bits per heavy atom. The summed E-state index contributed by atoms with van der Waals surface area (Å²) in [6.07, 6.45) is 9.19. The Kier molecular flexibility index (Phi) is 6.86. The minimum atomic E-state index is -0.00296. The van der Waals surface area contributed by atoms with E-state index in [9.17, 15) is 9.59 Å². The minimum Gasteiger partial charge on any atom is -0.354 e. The fourth-order valence-corrected chi connectivity index (χ4v) is 5.06. The molecule has 3 saturated heterocycles. The molecule has 0 radical (unpaired) electrons. The molecule has 7 heteroatoms. The number of rotatable bonds is 7. The van der Waals surface area contributed by atoms with Crippen LogP contribution < -0.4 is 16.0 Å². The van der Waals surface area contributed by atoms with E-state index < -0.39 is 0 Å². The second-order valence-corrected chi connectivity index (χ2v) is 9.25. The highest BCUT2D eigenvalue weighted by atomic mass is 16.2. The van der Waals surface area contributed by atoms with Crippen LogP contribution in [0.15, 0.2) is 0 Å². The average molecular weight is 392 g/mol. The van der Waals surface area contributed by atoms with Crippen LogP contribution in [0.4, 0.5) is 0 Å². The second kappa shape index (κ2) is 9.55. The molecule has 0 aromatic heterocycles. The van der Waals surface area contributed by atoms with Gasteiger partial charge in [0.2, 0.25) is 11.8 Å². The summed E-state index contributed by atoms with van der Waals surface area (Å²) in [6, 6.07) is 1.19. The van der Waals surface area contributed by atoms with Gasteiger partial charge in [-0.2, -0.15) is 0 Å². The fourth-order valence-electron chi connectivity index (χ4n) is 5.06. The van der Waals surface area contributed by atoms with Gasteiger partial charge in [-0.25, -0.2) is 0 Å². The highest BCUT2D eigenvalue weighted by Crippen LogP contribution is 2.29. The van der Waals surface area contributed by atoms with Crippen molar-refractivity contribution >= 4 is 11.8 Å². The van der Waals surface area contributed by atoms with Crippen molar-refractivity contribution < 1.29 is 9.59 Å². The lowest BCUT2D eigenvalue weighted by Gasteiger charge is -2.34. The first-order valence-electron chi connectivity index (χ1n) is 11.4. The molecular weight excluding hydrogens is 354 g/mol. The van der Waals surface area contributed by atoms with Gasteiger partial charge in [0.1, 0.15) is 0 Å². The highest BCUT2D eigenvalue weighted by Gasteiger charge is 2.32. The summed E-state index contributed by atoms with van der Waals surface area (Å²) in [5.41, 5.74) is 0. The number of nitrogens with one attached hydrogen (secondary N) is 3. The number of carbonyl (C=O) groups excluding carboxylic acids is 2. The van der Waals surface area contributed by atoms with Crippen molar-refractivity contribution in [3.63, 3.8) is 0 Å². The van der Waals surface area contributed by atoms with E-state index in [2.05, 4.69) is 25.8 Å². The van der Waals surface area contributed by atoms with Gasteiger partial charge in [0.25, 0.3) is 0 Å². The molecule has 1 aliphatic carbocycles. The van der Waals surface area contributed by atoms with E-state index in [1.165, 1.54) is 12.8 Å². The lowest BCUT2D eigenvalue weighted by atomic mass is 9.97. The zero-order chi connectivity index (χ0) is 19.3. The number of amides is 2. The van der Waals surface area contributed by atoms with E-state index in [1.54, 1.807) is 0 Å². The van der Waals surface area contributed by atoms with E-state index in [0.717, 1.165) is 83.8 Å². The summed E-state index contributed by atoms with van der Waals surface area (Å²) in [6.45, 7) is 6.35. The summed E-state index contributed by atoms with van der Waals surface area (Å²) >= 11 is 0. The monoisotopic (exact) mass is 391 g/mol. The number of piperidine rings is 2. The van der Waals surface area contributed by atoms with Gasteiger partial charge in [-0.3, -0.25) is 14.5 Å². The maximum atomic E-state index is 12.5. The molecule has 2 atom stereocenters. The van der Waals surface area contributed by atoms with Crippen molar-refractivity contribution in [2.75, 3.05) is 45.8 Å². The van der Waals surface area contributed by atoms with E-state index in [1.807, 2.05) is 0 Å². The first-order chi connectivity index (χ1) is 13.7. The molecule has 4 rings (SSSR count). The molecule has 158 valence electrons. The largest absolute Gasteiger partial charge is 0.354 e. The van der Waals surface area contributed by atoms with Crippen LogP contribution in [0.2, 0.25) is 0 Å². The maximum absolute atomic E-state index is 12.5. The van der Waals surface area contributed by atoms with Gasteiger partial charge in [0.05, 0.1) is 12.6 Å². The third-order valence-corrected chi connectivity index (χ3v) is 6.87. The van der Waals surface area contributed by atoms with Crippen molar-refractivity contribution in [1.82, 2.24) is 25.8 Å². The summed E-state index contributed by atoms with van der Waals surface area (Å²) in [4.78, 5) is 29.5. The van der Waals surface area contributed by atoms with Crippen LogP contribution in [-0.2, 0) is 9.59 Å². The number of hydrogen-bond donors (Lipinski definition) is 3. The molecular formula is C21H37N5O2. The molecule has 7 nitrogen and oxygen atoms in total. The Bertz CT molecular complexity index is 539. The first kappa shape index (κ1) is 20.1. The Morgan fingerprint density at radius 2 is 1.79 bits per heavy atom. The topological polar surface area (TPSA) is 76.7 Å². The third-order valence-electron chi connectivity index (χ3n) is 6.87. The maximum Gasteiger partial charge on any atom is 0.237 e. The SMILES string of the molecule is O=C(CN1CCCC(CNC(=O)C2CCCN2)C1)NC1CCN(C2CC2)CC1. The van der Waals surface area contributed by atoms with Crippen molar-refractivity contribution in [2.45, 2.75) is 69.5 Å². The quantitative estimate of drug-likeness (QED) is 0.582. The molecule has 4 fully saturated rings. The normalized spacial score (nSPS) is 30.3. The Balaban J connectivity index is 1.13. The number of carbonyl (C=O) groups is 2. The zero-order valence-electron chi connectivity index (χ0n) is 17.1. The van der Waals surface area contributed by atoms with E-state index in [-0.39, 0.29) is 17.9 Å². The molecule has 3 aliphatic heterocycles. The van der Waals surface area contributed by atoms with E-state index >= 15 is 0 Å². The van der Waals surface area contributed by atoms with Gasteiger partial charge in [0, 0.05) is 38.3 Å². The highest BCUT2D eigenvalue weighted by molar-refractivity contribution is 5.82. The molecule has 0 bridgehead atoms. The van der Waals surface area contributed by atoms with Gasteiger partial charge in [-0.1, -0.05) is 0 Å². The molecule has 3 N–H and O–H groups in total. The first-order valence-corrected chi connectivity index (χ1v) is 11.4. The zero-order valence-corrected chi connectivity index (χ0v) is 17.1. The number of nitrogens with zero attached hydrogens (tertiary/aromatic N) is 2. The molecule has 28 heavy (non-hydrogen) atoms. The van der Waals surface area contributed by atoms with Gasteiger partial charge in [-0.15, -0.1) is 0 Å². The summed E-state index contributed by atoms with van der Waals surface area (Å²) in [5.74, 6) is 0.767. The van der Waals surface area contributed by atoms with Crippen molar-refractivity contribution in [3.05, 3.63) is 0 Å². The van der Waals surface area contributed by atoms with E-state index in [0.29, 0.717) is 18.5 Å². The second-order valence-electron chi connectivity index (χ2n) is 9.25. The average Bonchev–Trinajstić information content (AvgIpc) is 3.40. The van der Waals surface area contributed by atoms with Crippen molar-refractivity contribution in [2.24, 2.45) is 5.92 Å². The van der Waals surface area contributed by atoms with Crippen LogP contribution in [0.5, 0.6) is 0 Å². The number of likely N-dealkylation sites (tertiary alicyclic amines) is 2. The van der Waals surface area contributed by atoms with Crippen LogP contribution in [0.25, 0.3) is 0 Å². The minimum absolute atomic E-state index is 0.00296. The molecule has 0 aromatic rings. The molecule has 4 aliphatic rings.